The predicted octanol–water partition coefficient (Wildman–Crippen LogP) is 0.440. The minimum absolute atomic E-state index is 0.123. The van der Waals surface area contributed by atoms with Crippen LogP contribution in [0.2, 0.25) is 0 Å². The zero-order valence-corrected chi connectivity index (χ0v) is 8.65. The molecule has 0 fully saturated rings. The monoisotopic (exact) mass is 228 g/mol. The van der Waals surface area contributed by atoms with E-state index in [9.17, 15) is 9.59 Å². The minimum atomic E-state index is -1.13. The highest BCUT2D eigenvalue weighted by molar-refractivity contribution is 7.99. The van der Waals surface area contributed by atoms with E-state index in [1.165, 1.54) is 19.2 Å². The van der Waals surface area contributed by atoms with Crippen LogP contribution in [0.25, 0.3) is 0 Å². The van der Waals surface area contributed by atoms with Gasteiger partial charge >= 0.3 is 11.9 Å². The van der Waals surface area contributed by atoms with Crippen LogP contribution in [0, 0.1) is 0 Å². The predicted molar refractivity (Wildman–Crippen MR) is 51.7 cm³/mol. The van der Waals surface area contributed by atoms with Crippen LogP contribution in [-0.2, 0) is 9.53 Å². The largest absolute Gasteiger partial charge is 0.476 e. The number of aromatic nitrogens is 2. The fourth-order valence-corrected chi connectivity index (χ4v) is 1.35. The highest BCUT2D eigenvalue weighted by atomic mass is 32.2. The van der Waals surface area contributed by atoms with Crippen molar-refractivity contribution in [3.05, 3.63) is 17.8 Å². The zero-order valence-electron chi connectivity index (χ0n) is 7.84. The Morgan fingerprint density at radius 3 is 2.67 bits per heavy atom. The van der Waals surface area contributed by atoms with Crippen LogP contribution in [0.5, 0.6) is 0 Å². The molecule has 0 aliphatic heterocycles. The molecule has 1 N–H and O–H groups in total. The van der Waals surface area contributed by atoms with Gasteiger partial charge in [-0.1, -0.05) is 11.8 Å². The molecule has 0 saturated heterocycles. The molecule has 7 heteroatoms. The Kier molecular flexibility index (Phi) is 4.04. The van der Waals surface area contributed by atoms with Crippen molar-refractivity contribution in [3.63, 3.8) is 0 Å². The molecule has 1 aromatic heterocycles. The molecule has 0 spiro atoms. The van der Waals surface area contributed by atoms with Gasteiger partial charge in [-0.25, -0.2) is 4.79 Å². The number of carbonyl (C=O) groups is 2. The Hall–Kier alpha value is -1.63. The summed E-state index contributed by atoms with van der Waals surface area (Å²) in [6.45, 7) is 0. The number of carboxylic acid groups (broad SMARTS) is 1. The molecule has 0 atom stereocenters. The van der Waals surface area contributed by atoms with E-state index in [1.807, 2.05) is 0 Å². The first-order valence-corrected chi connectivity index (χ1v) is 4.88. The van der Waals surface area contributed by atoms with E-state index in [4.69, 9.17) is 5.11 Å². The normalized spacial score (nSPS) is 9.67. The van der Waals surface area contributed by atoms with Gasteiger partial charge in [0.25, 0.3) is 0 Å². The first-order valence-electron chi connectivity index (χ1n) is 3.90. The average Bonchev–Trinajstić information content (AvgIpc) is 2.26. The van der Waals surface area contributed by atoms with Crippen molar-refractivity contribution >= 4 is 23.7 Å². The number of hydrogen-bond acceptors (Lipinski definition) is 6. The number of esters is 1. The van der Waals surface area contributed by atoms with E-state index in [1.54, 1.807) is 0 Å². The molecule has 1 heterocycles. The van der Waals surface area contributed by atoms with Crippen molar-refractivity contribution in [2.24, 2.45) is 0 Å². The second-order valence-electron chi connectivity index (χ2n) is 2.43. The fraction of sp³-hybridized carbons (Fsp3) is 0.250. The molecule has 1 rings (SSSR count). The summed E-state index contributed by atoms with van der Waals surface area (Å²) < 4.78 is 4.43. The van der Waals surface area contributed by atoms with Gasteiger partial charge in [0.1, 0.15) is 5.03 Å². The number of nitrogens with zero attached hydrogens (tertiary/aromatic N) is 2. The van der Waals surface area contributed by atoms with Gasteiger partial charge < -0.3 is 9.84 Å². The summed E-state index contributed by atoms with van der Waals surface area (Å²) in [5.74, 6) is -1.38. The maximum atomic E-state index is 10.8. The molecular weight excluding hydrogens is 220 g/mol. The average molecular weight is 228 g/mol. The van der Waals surface area contributed by atoms with Crippen molar-refractivity contribution in [1.82, 2.24) is 10.2 Å². The number of carboxylic acids is 1. The molecule has 15 heavy (non-hydrogen) atoms. The molecule has 0 radical (unpaired) electrons. The SMILES string of the molecule is COC(=O)CSc1ccc(C(=O)O)nn1. The molecule has 0 bridgehead atoms. The lowest BCUT2D eigenvalue weighted by Gasteiger charge is -1.98. The third-order valence-electron chi connectivity index (χ3n) is 1.42. The smallest absolute Gasteiger partial charge is 0.356 e. The summed E-state index contributed by atoms with van der Waals surface area (Å²) in [5, 5.41) is 16.1. The molecule has 6 nitrogen and oxygen atoms in total. The van der Waals surface area contributed by atoms with E-state index in [2.05, 4.69) is 14.9 Å². The summed E-state index contributed by atoms with van der Waals surface area (Å²) in [4.78, 5) is 21.2. The van der Waals surface area contributed by atoms with Crippen LogP contribution < -0.4 is 0 Å². The van der Waals surface area contributed by atoms with Gasteiger partial charge in [-0.15, -0.1) is 10.2 Å². The van der Waals surface area contributed by atoms with E-state index in [-0.39, 0.29) is 17.4 Å². The van der Waals surface area contributed by atoms with Crippen LogP contribution in [-0.4, -0.2) is 40.1 Å². The molecule has 0 aliphatic carbocycles. The van der Waals surface area contributed by atoms with Crippen LogP contribution >= 0.6 is 11.8 Å². The topological polar surface area (TPSA) is 89.4 Å². The molecule has 0 saturated carbocycles. The molecule has 80 valence electrons. The van der Waals surface area contributed by atoms with Crippen molar-refractivity contribution in [2.75, 3.05) is 12.9 Å². The van der Waals surface area contributed by atoms with Crippen LogP contribution in [0.4, 0.5) is 0 Å². The van der Waals surface area contributed by atoms with E-state index >= 15 is 0 Å². The van der Waals surface area contributed by atoms with Crippen LogP contribution in [0.15, 0.2) is 17.2 Å². The van der Waals surface area contributed by atoms with Gasteiger partial charge in [0.05, 0.1) is 12.9 Å². The van der Waals surface area contributed by atoms with Gasteiger partial charge in [0, 0.05) is 0 Å². The summed E-state index contributed by atoms with van der Waals surface area (Å²) in [7, 11) is 1.29. The number of hydrogen-bond donors (Lipinski definition) is 1. The summed E-state index contributed by atoms with van der Waals surface area (Å²) >= 11 is 1.13. The standard InChI is InChI=1S/C8H8N2O4S/c1-14-7(11)4-15-6-3-2-5(8(12)13)9-10-6/h2-3H,4H2,1H3,(H,12,13). The number of rotatable bonds is 4. The summed E-state index contributed by atoms with van der Waals surface area (Å²) in [5.41, 5.74) is -0.127. The van der Waals surface area contributed by atoms with Crippen molar-refractivity contribution < 1.29 is 19.4 Å². The van der Waals surface area contributed by atoms with Crippen LogP contribution in [0.3, 0.4) is 0 Å². The Morgan fingerprint density at radius 1 is 1.47 bits per heavy atom. The molecular formula is C8H8N2O4S. The number of thioether (sulfide) groups is 1. The van der Waals surface area contributed by atoms with E-state index in [0.29, 0.717) is 5.03 Å². The van der Waals surface area contributed by atoms with Gasteiger partial charge in [-0.3, -0.25) is 4.79 Å². The molecule has 0 unspecified atom stereocenters. The lowest BCUT2D eigenvalue weighted by Crippen LogP contribution is -2.05. The second kappa shape index (κ2) is 5.30. The highest BCUT2D eigenvalue weighted by Gasteiger charge is 2.07. The third-order valence-corrected chi connectivity index (χ3v) is 2.32. The number of ether oxygens (including phenoxy) is 1. The number of methoxy groups -OCH3 is 1. The maximum absolute atomic E-state index is 10.8. The van der Waals surface area contributed by atoms with Gasteiger partial charge in [0.2, 0.25) is 0 Å². The Bertz CT molecular complexity index is 365. The first kappa shape index (κ1) is 11.4. The Labute approximate surface area is 89.7 Å². The summed E-state index contributed by atoms with van der Waals surface area (Å²) in [6.07, 6.45) is 0. The third kappa shape index (κ3) is 3.55. The minimum Gasteiger partial charge on any atom is -0.476 e. The molecule has 0 amide bonds. The van der Waals surface area contributed by atoms with Gasteiger partial charge in [-0.05, 0) is 12.1 Å². The number of aromatic carboxylic acids is 1. The quantitative estimate of drug-likeness (QED) is 0.590. The van der Waals surface area contributed by atoms with Crippen molar-refractivity contribution in [1.29, 1.82) is 0 Å². The molecule has 0 aromatic carbocycles. The second-order valence-corrected chi connectivity index (χ2v) is 3.42. The fourth-order valence-electron chi connectivity index (χ4n) is 0.703. The lowest BCUT2D eigenvalue weighted by atomic mass is 10.4. The van der Waals surface area contributed by atoms with Gasteiger partial charge in [-0.2, -0.15) is 0 Å². The highest BCUT2D eigenvalue weighted by Crippen LogP contribution is 2.13. The maximum Gasteiger partial charge on any atom is 0.356 e. The first-order chi connectivity index (χ1) is 7.13. The lowest BCUT2D eigenvalue weighted by molar-refractivity contribution is -0.137. The van der Waals surface area contributed by atoms with Crippen LogP contribution in [0.1, 0.15) is 10.5 Å². The Morgan fingerprint density at radius 2 is 2.20 bits per heavy atom. The molecule has 1 aromatic rings. The number of carbonyl (C=O) groups excluding carboxylic acids is 1. The van der Waals surface area contributed by atoms with Crippen molar-refractivity contribution in [3.8, 4) is 0 Å². The zero-order chi connectivity index (χ0) is 11.3. The van der Waals surface area contributed by atoms with E-state index in [0.717, 1.165) is 11.8 Å². The Balaban J connectivity index is 2.57. The van der Waals surface area contributed by atoms with Gasteiger partial charge in [0.15, 0.2) is 5.69 Å². The molecule has 0 aliphatic rings. The van der Waals surface area contributed by atoms with E-state index < -0.39 is 5.97 Å². The van der Waals surface area contributed by atoms with Crippen molar-refractivity contribution in [2.45, 2.75) is 5.03 Å². The summed E-state index contributed by atoms with van der Waals surface area (Å²) in [6, 6.07) is 2.82.